The van der Waals surface area contributed by atoms with E-state index in [9.17, 15) is 14.4 Å². The molecule has 0 aliphatic heterocycles. The summed E-state index contributed by atoms with van der Waals surface area (Å²) in [5, 5.41) is 11.3. The molecule has 0 bridgehead atoms. The Balaban J connectivity index is 4.19. The lowest BCUT2D eigenvalue weighted by Gasteiger charge is -2.18. The van der Waals surface area contributed by atoms with Crippen LogP contribution in [0.4, 0.5) is 0 Å². The Hall–Kier alpha value is -1.63. The zero-order valence-corrected chi connectivity index (χ0v) is 10.9. The van der Waals surface area contributed by atoms with Crippen LogP contribution in [0.5, 0.6) is 0 Å². The number of methoxy groups -OCH3 is 1. The standard InChI is InChI=1S/C11H20N2O5/c1-8(14)13(2)7-10(15)12-9(11(16)17)5-4-6-18-3/h9H,4-7H2,1-3H3,(H,12,15)(H,16,17). The number of carboxylic acid groups (broad SMARTS) is 1. The van der Waals surface area contributed by atoms with Gasteiger partial charge in [0.2, 0.25) is 11.8 Å². The number of nitrogens with one attached hydrogen (secondary N) is 1. The zero-order chi connectivity index (χ0) is 14.1. The van der Waals surface area contributed by atoms with E-state index in [-0.39, 0.29) is 12.5 Å². The molecule has 2 amide bonds. The van der Waals surface area contributed by atoms with Crippen LogP contribution in [0.2, 0.25) is 0 Å². The molecule has 0 fully saturated rings. The van der Waals surface area contributed by atoms with Gasteiger partial charge in [0.25, 0.3) is 0 Å². The van der Waals surface area contributed by atoms with Crippen molar-refractivity contribution in [2.24, 2.45) is 0 Å². The van der Waals surface area contributed by atoms with Crippen LogP contribution in [0.1, 0.15) is 19.8 Å². The van der Waals surface area contributed by atoms with Gasteiger partial charge in [0.1, 0.15) is 6.04 Å². The first-order valence-electron chi connectivity index (χ1n) is 5.61. The van der Waals surface area contributed by atoms with Crippen molar-refractivity contribution in [3.05, 3.63) is 0 Å². The van der Waals surface area contributed by atoms with Crippen LogP contribution in [0.3, 0.4) is 0 Å². The largest absolute Gasteiger partial charge is 0.480 e. The number of hydrogen-bond acceptors (Lipinski definition) is 4. The number of rotatable bonds is 8. The molecule has 0 saturated heterocycles. The number of carbonyl (C=O) groups excluding carboxylic acids is 2. The van der Waals surface area contributed by atoms with Crippen molar-refractivity contribution >= 4 is 17.8 Å². The van der Waals surface area contributed by atoms with Crippen LogP contribution in [0.15, 0.2) is 0 Å². The summed E-state index contributed by atoms with van der Waals surface area (Å²) < 4.78 is 4.81. The maximum atomic E-state index is 11.5. The first kappa shape index (κ1) is 16.4. The summed E-state index contributed by atoms with van der Waals surface area (Å²) in [7, 11) is 3.00. The fourth-order valence-electron chi connectivity index (χ4n) is 1.26. The second-order valence-electron chi connectivity index (χ2n) is 3.97. The molecule has 0 heterocycles. The number of aliphatic carboxylic acids is 1. The molecule has 0 aliphatic rings. The SMILES string of the molecule is COCCCC(NC(=O)CN(C)C(C)=O)C(=O)O. The molecule has 0 spiro atoms. The lowest BCUT2D eigenvalue weighted by Crippen LogP contribution is -2.45. The Kier molecular flexibility index (Phi) is 7.69. The summed E-state index contributed by atoms with van der Waals surface area (Å²) in [6, 6.07) is -0.951. The minimum absolute atomic E-state index is 0.149. The van der Waals surface area contributed by atoms with Gasteiger partial charge in [-0.3, -0.25) is 9.59 Å². The number of ether oxygens (including phenoxy) is 1. The fraction of sp³-hybridized carbons (Fsp3) is 0.727. The number of carboxylic acids is 1. The molecule has 0 aromatic heterocycles. The summed E-state index contributed by atoms with van der Waals surface area (Å²) in [6.45, 7) is 1.62. The first-order valence-corrected chi connectivity index (χ1v) is 5.61. The molecule has 7 heteroatoms. The van der Waals surface area contributed by atoms with Crippen molar-refractivity contribution in [2.45, 2.75) is 25.8 Å². The third-order valence-electron chi connectivity index (χ3n) is 2.39. The topological polar surface area (TPSA) is 95.9 Å². The van der Waals surface area contributed by atoms with Crippen LogP contribution >= 0.6 is 0 Å². The van der Waals surface area contributed by atoms with E-state index in [0.29, 0.717) is 19.4 Å². The molecule has 18 heavy (non-hydrogen) atoms. The molecule has 0 rings (SSSR count). The molecule has 0 aromatic rings. The monoisotopic (exact) mass is 260 g/mol. The fourth-order valence-corrected chi connectivity index (χ4v) is 1.26. The van der Waals surface area contributed by atoms with Gasteiger partial charge < -0.3 is 20.1 Å². The summed E-state index contributed by atoms with van der Waals surface area (Å²) in [5.74, 6) is -1.83. The van der Waals surface area contributed by atoms with Crippen molar-refractivity contribution in [3.8, 4) is 0 Å². The van der Waals surface area contributed by atoms with Crippen LogP contribution in [0, 0.1) is 0 Å². The first-order chi connectivity index (χ1) is 8.38. The highest BCUT2D eigenvalue weighted by Gasteiger charge is 2.20. The van der Waals surface area contributed by atoms with Crippen molar-refractivity contribution < 1.29 is 24.2 Å². The summed E-state index contributed by atoms with van der Waals surface area (Å²) in [4.78, 5) is 34.6. The lowest BCUT2D eigenvalue weighted by molar-refractivity contribution is -0.142. The van der Waals surface area contributed by atoms with Crippen LogP contribution in [0.25, 0.3) is 0 Å². The minimum Gasteiger partial charge on any atom is -0.480 e. The highest BCUT2D eigenvalue weighted by Crippen LogP contribution is 1.98. The van der Waals surface area contributed by atoms with Gasteiger partial charge in [0, 0.05) is 27.7 Å². The number of hydrogen-bond donors (Lipinski definition) is 2. The maximum Gasteiger partial charge on any atom is 0.326 e. The van der Waals surface area contributed by atoms with E-state index >= 15 is 0 Å². The average Bonchev–Trinajstić information content (AvgIpc) is 2.27. The Morgan fingerprint density at radius 1 is 1.39 bits per heavy atom. The van der Waals surface area contributed by atoms with Crippen molar-refractivity contribution in [3.63, 3.8) is 0 Å². The van der Waals surface area contributed by atoms with Crippen molar-refractivity contribution in [1.82, 2.24) is 10.2 Å². The number of likely N-dealkylation sites (N-methyl/N-ethyl adjacent to an activating group) is 1. The van der Waals surface area contributed by atoms with Gasteiger partial charge in [-0.15, -0.1) is 0 Å². The van der Waals surface area contributed by atoms with E-state index in [4.69, 9.17) is 9.84 Å². The van der Waals surface area contributed by atoms with Gasteiger partial charge in [-0.2, -0.15) is 0 Å². The number of nitrogens with zero attached hydrogens (tertiary/aromatic N) is 1. The van der Waals surface area contributed by atoms with E-state index in [1.54, 1.807) is 0 Å². The van der Waals surface area contributed by atoms with E-state index in [1.165, 1.54) is 26.0 Å². The van der Waals surface area contributed by atoms with Crippen LogP contribution in [-0.4, -0.2) is 61.1 Å². The Morgan fingerprint density at radius 3 is 2.44 bits per heavy atom. The number of carbonyl (C=O) groups is 3. The van der Waals surface area contributed by atoms with E-state index in [2.05, 4.69) is 5.32 Å². The van der Waals surface area contributed by atoms with Gasteiger partial charge in [0.15, 0.2) is 0 Å². The second kappa shape index (κ2) is 8.46. The number of amides is 2. The van der Waals surface area contributed by atoms with E-state index in [1.807, 2.05) is 0 Å². The molecule has 1 atom stereocenters. The zero-order valence-electron chi connectivity index (χ0n) is 10.9. The van der Waals surface area contributed by atoms with Gasteiger partial charge in [-0.05, 0) is 12.8 Å². The predicted octanol–water partition coefficient (Wildman–Crippen LogP) is -0.539. The van der Waals surface area contributed by atoms with Gasteiger partial charge in [-0.25, -0.2) is 4.79 Å². The molecular formula is C11H20N2O5. The predicted molar refractivity (Wildman–Crippen MR) is 64.0 cm³/mol. The van der Waals surface area contributed by atoms with Gasteiger partial charge >= 0.3 is 5.97 Å². The van der Waals surface area contributed by atoms with E-state index < -0.39 is 17.9 Å². The van der Waals surface area contributed by atoms with Crippen molar-refractivity contribution in [1.29, 1.82) is 0 Å². The van der Waals surface area contributed by atoms with Crippen molar-refractivity contribution in [2.75, 3.05) is 27.3 Å². The summed E-state index contributed by atoms with van der Waals surface area (Å²) in [6.07, 6.45) is 0.828. The quantitative estimate of drug-likeness (QED) is 0.571. The Bertz CT molecular complexity index is 306. The maximum absolute atomic E-state index is 11.5. The molecule has 0 saturated carbocycles. The Labute approximate surface area is 106 Å². The van der Waals surface area contributed by atoms with Crippen LogP contribution in [-0.2, 0) is 19.1 Å². The molecule has 104 valence electrons. The van der Waals surface area contributed by atoms with Crippen LogP contribution < -0.4 is 5.32 Å². The van der Waals surface area contributed by atoms with Gasteiger partial charge in [0.05, 0.1) is 6.54 Å². The third-order valence-corrected chi connectivity index (χ3v) is 2.39. The smallest absolute Gasteiger partial charge is 0.326 e. The molecule has 2 N–H and O–H groups in total. The summed E-state index contributed by atoms with van der Waals surface area (Å²) >= 11 is 0. The molecule has 7 nitrogen and oxygen atoms in total. The highest BCUT2D eigenvalue weighted by molar-refractivity contribution is 5.87. The average molecular weight is 260 g/mol. The molecule has 0 aromatic carbocycles. The Morgan fingerprint density at radius 2 is 2.00 bits per heavy atom. The third kappa shape index (κ3) is 6.85. The van der Waals surface area contributed by atoms with E-state index in [0.717, 1.165) is 0 Å². The normalized spacial score (nSPS) is 11.7. The molecule has 1 unspecified atom stereocenters. The second-order valence-corrected chi connectivity index (χ2v) is 3.97. The molecular weight excluding hydrogens is 240 g/mol. The van der Waals surface area contributed by atoms with Gasteiger partial charge in [-0.1, -0.05) is 0 Å². The molecule has 0 radical (unpaired) electrons. The minimum atomic E-state index is -1.09. The summed E-state index contributed by atoms with van der Waals surface area (Å²) in [5.41, 5.74) is 0. The lowest BCUT2D eigenvalue weighted by atomic mass is 10.1. The molecule has 0 aliphatic carbocycles. The highest BCUT2D eigenvalue weighted by atomic mass is 16.5.